The number of nitrogens with one attached hydrogen (secondary N) is 1. The summed E-state index contributed by atoms with van der Waals surface area (Å²) < 4.78 is 10.8. The van der Waals surface area contributed by atoms with E-state index in [1.807, 2.05) is 30.3 Å². The topological polar surface area (TPSA) is 126 Å². The predicted molar refractivity (Wildman–Crippen MR) is 174 cm³/mol. The predicted octanol–water partition coefficient (Wildman–Crippen LogP) is 7.02. The molecule has 0 amide bonds. The molecular weight excluding hydrogens is 542 g/mol. The van der Waals surface area contributed by atoms with Crippen LogP contribution in [0.25, 0.3) is 0 Å². The molecule has 1 saturated carbocycles. The van der Waals surface area contributed by atoms with Gasteiger partial charge in [-0.25, -0.2) is 0 Å². The Morgan fingerprint density at radius 2 is 1.72 bits per heavy atom. The average Bonchev–Trinajstić information content (AvgIpc) is 3.46. The molecule has 3 rings (SSSR count). The minimum absolute atomic E-state index is 0.0286. The summed E-state index contributed by atoms with van der Waals surface area (Å²) in [6.07, 6.45) is 12.3. The maximum Gasteiger partial charge on any atom is 0.192 e. The van der Waals surface area contributed by atoms with Crippen LogP contribution in [-0.2, 0) is 17.6 Å². The first-order chi connectivity index (χ1) is 20.5. The molecule has 0 saturated heterocycles. The molecule has 2 aromatic rings. The molecule has 0 aliphatic heterocycles. The molecule has 0 heterocycles. The van der Waals surface area contributed by atoms with E-state index in [2.05, 4.69) is 37.2 Å². The molecule has 8 heteroatoms. The van der Waals surface area contributed by atoms with Crippen LogP contribution in [-0.4, -0.2) is 43.2 Å². The molecule has 43 heavy (non-hydrogen) atoms. The molecular formula is C35H51N3O5. The van der Waals surface area contributed by atoms with E-state index in [1.165, 1.54) is 14.2 Å². The first kappa shape index (κ1) is 33.8. The van der Waals surface area contributed by atoms with Crippen molar-refractivity contribution >= 4 is 17.4 Å². The maximum absolute atomic E-state index is 14.0. The highest BCUT2D eigenvalue weighted by Gasteiger charge is 2.39. The quantitative estimate of drug-likeness (QED) is 0.0756. The zero-order chi connectivity index (χ0) is 31.6. The van der Waals surface area contributed by atoms with Gasteiger partial charge in [-0.05, 0) is 84.9 Å². The average molecular weight is 594 g/mol. The lowest BCUT2D eigenvalue weighted by Gasteiger charge is -2.27. The van der Waals surface area contributed by atoms with E-state index in [1.54, 1.807) is 13.1 Å². The number of carbonyl (C=O) groups is 1. The van der Waals surface area contributed by atoms with Crippen molar-refractivity contribution in [2.75, 3.05) is 26.6 Å². The van der Waals surface area contributed by atoms with Gasteiger partial charge in [0, 0.05) is 12.5 Å². The summed E-state index contributed by atoms with van der Waals surface area (Å²) in [6, 6.07) is 9.08. The number of hydrogen-bond acceptors (Lipinski definition) is 6. The van der Waals surface area contributed by atoms with E-state index >= 15 is 0 Å². The number of anilines is 1. The van der Waals surface area contributed by atoms with Gasteiger partial charge in [-0.3, -0.25) is 9.79 Å². The van der Waals surface area contributed by atoms with Gasteiger partial charge in [0.1, 0.15) is 0 Å². The molecule has 1 fully saturated rings. The molecule has 8 nitrogen and oxygen atoms in total. The Kier molecular flexibility index (Phi) is 12.3. The summed E-state index contributed by atoms with van der Waals surface area (Å²) >= 11 is 0. The van der Waals surface area contributed by atoms with Gasteiger partial charge in [0.05, 0.1) is 19.9 Å². The lowest BCUT2D eigenvalue weighted by atomic mass is 9.75. The summed E-state index contributed by atoms with van der Waals surface area (Å²) in [7, 11) is 4.64. The van der Waals surface area contributed by atoms with E-state index in [4.69, 9.17) is 15.2 Å². The van der Waals surface area contributed by atoms with Gasteiger partial charge in [0.25, 0.3) is 0 Å². The highest BCUT2D eigenvalue weighted by atomic mass is 16.5. The number of allylic oxidation sites excluding steroid dienone is 2. The van der Waals surface area contributed by atoms with Crippen LogP contribution in [0.3, 0.4) is 0 Å². The fourth-order valence-corrected chi connectivity index (χ4v) is 6.19. The Balaban J connectivity index is 1.90. The molecule has 5 N–H and O–H groups in total. The number of carbonyl (C=O) groups excluding carboxylic acids is 1. The third kappa shape index (κ3) is 9.15. The molecule has 2 aromatic carbocycles. The fraction of sp³-hybridized carbons (Fsp3) is 0.543. The Bertz CT molecular complexity index is 1280. The molecule has 1 aliphatic rings. The van der Waals surface area contributed by atoms with E-state index in [0.29, 0.717) is 41.9 Å². The number of methoxy groups -OCH3 is 2. The number of phenols is 2. The zero-order valence-electron chi connectivity index (χ0n) is 26.8. The number of phenolic OH excluding ortho intramolecular Hbond substituents is 2. The molecule has 0 bridgehead atoms. The number of guanidine groups is 1. The summed E-state index contributed by atoms with van der Waals surface area (Å²) in [5, 5.41) is 23.7. The third-order valence-corrected chi connectivity index (χ3v) is 8.87. The van der Waals surface area contributed by atoms with Crippen LogP contribution in [0.5, 0.6) is 23.0 Å². The second-order valence-corrected chi connectivity index (χ2v) is 12.5. The van der Waals surface area contributed by atoms with Crippen molar-refractivity contribution in [1.82, 2.24) is 0 Å². The van der Waals surface area contributed by atoms with E-state index < -0.39 is 5.41 Å². The van der Waals surface area contributed by atoms with Crippen molar-refractivity contribution in [3.05, 3.63) is 53.6 Å². The Morgan fingerprint density at radius 3 is 2.35 bits per heavy atom. The third-order valence-electron chi connectivity index (χ3n) is 8.87. The Morgan fingerprint density at radius 1 is 1.05 bits per heavy atom. The van der Waals surface area contributed by atoms with Gasteiger partial charge >= 0.3 is 0 Å². The fourth-order valence-electron chi connectivity index (χ4n) is 6.19. The number of rotatable bonds is 15. The van der Waals surface area contributed by atoms with E-state index in [0.717, 1.165) is 56.1 Å². The first-order valence-corrected chi connectivity index (χ1v) is 15.5. The number of aliphatic imine (C=N–C) groups is 1. The SMILES string of the molecule is CN=C(N)Nc1cc(CC(C=CC(=O)C2(Cc3ccc(O)c(OC)c3)CCCC2)C(C)CCCC(C)C)cc(OC)c1O. The van der Waals surface area contributed by atoms with Crippen molar-refractivity contribution in [2.45, 2.75) is 78.6 Å². The van der Waals surface area contributed by atoms with Crippen molar-refractivity contribution in [3.63, 3.8) is 0 Å². The molecule has 0 radical (unpaired) electrons. The number of aromatic hydroxyl groups is 2. The molecule has 0 spiro atoms. The number of ether oxygens (including phenoxy) is 2. The lowest BCUT2D eigenvalue weighted by molar-refractivity contribution is -0.123. The van der Waals surface area contributed by atoms with Crippen molar-refractivity contribution in [1.29, 1.82) is 0 Å². The number of ketones is 1. The molecule has 0 aromatic heterocycles. The van der Waals surface area contributed by atoms with E-state index in [9.17, 15) is 15.0 Å². The van der Waals surface area contributed by atoms with Crippen LogP contribution in [0.1, 0.15) is 76.8 Å². The van der Waals surface area contributed by atoms with Crippen LogP contribution in [0.15, 0.2) is 47.5 Å². The highest BCUT2D eigenvalue weighted by Crippen LogP contribution is 2.43. The lowest BCUT2D eigenvalue weighted by Crippen LogP contribution is -2.29. The highest BCUT2D eigenvalue weighted by molar-refractivity contribution is 5.95. The van der Waals surface area contributed by atoms with Gasteiger partial charge < -0.3 is 30.7 Å². The Hall–Kier alpha value is -3.68. The van der Waals surface area contributed by atoms with Gasteiger partial charge in [-0.2, -0.15) is 0 Å². The second-order valence-electron chi connectivity index (χ2n) is 12.5. The molecule has 2 unspecified atom stereocenters. The summed E-state index contributed by atoms with van der Waals surface area (Å²) in [5.74, 6) is 2.27. The largest absolute Gasteiger partial charge is 0.504 e. The van der Waals surface area contributed by atoms with E-state index in [-0.39, 0.29) is 29.2 Å². The monoisotopic (exact) mass is 593 g/mol. The standard InChI is InChI=1S/C35H51N3O5/c1-23(2)10-9-11-24(3)27(18-26-19-28(38-34(36)37-4)33(41)31(21-26)43-6)13-15-32(40)35(16-7-8-17-35)22-25-12-14-29(39)30(20-25)42-5/h12-15,19-21,23-24,27,39,41H,7-11,16-18,22H2,1-6H3,(H3,36,37,38). The maximum atomic E-state index is 14.0. The molecule has 2 atom stereocenters. The summed E-state index contributed by atoms with van der Waals surface area (Å²) in [5.41, 5.74) is 7.82. The van der Waals surface area contributed by atoms with Gasteiger partial charge in [0.15, 0.2) is 34.7 Å². The number of nitrogens with two attached hydrogens (primary N) is 1. The Labute approximate surface area is 257 Å². The van der Waals surface area contributed by atoms with Gasteiger partial charge in [-0.15, -0.1) is 0 Å². The molecule has 1 aliphatic carbocycles. The van der Waals surface area contributed by atoms with Gasteiger partial charge in [-0.1, -0.05) is 65.0 Å². The first-order valence-electron chi connectivity index (χ1n) is 15.5. The second kappa shape index (κ2) is 15.7. The van der Waals surface area contributed by atoms with Crippen LogP contribution in [0.4, 0.5) is 5.69 Å². The van der Waals surface area contributed by atoms with Crippen LogP contribution in [0.2, 0.25) is 0 Å². The van der Waals surface area contributed by atoms with Crippen molar-refractivity contribution in [2.24, 2.45) is 33.9 Å². The number of benzene rings is 2. The van der Waals surface area contributed by atoms with Crippen molar-refractivity contribution in [3.8, 4) is 23.0 Å². The van der Waals surface area contributed by atoms with Crippen LogP contribution < -0.4 is 20.5 Å². The summed E-state index contributed by atoms with van der Waals surface area (Å²) in [6.45, 7) is 6.74. The molecule has 236 valence electrons. The normalized spacial score (nSPS) is 16.4. The zero-order valence-corrected chi connectivity index (χ0v) is 26.8. The minimum atomic E-state index is -0.459. The van der Waals surface area contributed by atoms with Crippen molar-refractivity contribution < 1.29 is 24.5 Å². The van der Waals surface area contributed by atoms with Crippen LogP contribution in [0, 0.1) is 23.2 Å². The minimum Gasteiger partial charge on any atom is -0.504 e. The number of hydrogen-bond donors (Lipinski definition) is 4. The van der Waals surface area contributed by atoms with Crippen LogP contribution >= 0.6 is 0 Å². The number of nitrogens with zero attached hydrogens (tertiary/aromatic N) is 1. The summed E-state index contributed by atoms with van der Waals surface area (Å²) in [4.78, 5) is 17.9. The smallest absolute Gasteiger partial charge is 0.192 e. The van der Waals surface area contributed by atoms with Gasteiger partial charge in [0.2, 0.25) is 0 Å².